The lowest BCUT2D eigenvalue weighted by Gasteiger charge is -2.42. The van der Waals surface area contributed by atoms with Crippen LogP contribution in [0, 0.1) is 0 Å². The highest BCUT2D eigenvalue weighted by Gasteiger charge is 2.95. The van der Waals surface area contributed by atoms with Crippen LogP contribution in [0.2, 0.25) is 0 Å². The van der Waals surface area contributed by atoms with Crippen LogP contribution >= 0.6 is 0 Å². The average molecular weight is 546 g/mol. The van der Waals surface area contributed by atoms with Crippen molar-refractivity contribution in [1.29, 1.82) is 0 Å². The maximum Gasteiger partial charge on any atom is 0.460 e. The number of ether oxygens (including phenoxy) is 1. The first kappa shape index (κ1) is 32.0. The summed E-state index contributed by atoms with van der Waals surface area (Å²) in [5.74, 6) is -57.8. The number of esters is 1. The van der Waals surface area contributed by atoms with Crippen molar-refractivity contribution in [1.82, 2.24) is 0 Å². The number of alkyl halides is 17. The molecule has 34 heavy (non-hydrogen) atoms. The number of carbonyl (C=O) groups excluding carboxylic acids is 1. The van der Waals surface area contributed by atoms with Gasteiger partial charge in [0.25, 0.3) is 0 Å². The second kappa shape index (κ2) is 8.91. The molecule has 0 N–H and O–H groups in total. The molecule has 202 valence electrons. The average Bonchev–Trinajstić information content (AvgIpc) is 2.64. The fourth-order valence-electron chi connectivity index (χ4n) is 2.07. The molecule has 0 fully saturated rings. The number of halogens is 17. The second-order valence-electron chi connectivity index (χ2n) is 6.57. The van der Waals surface area contributed by atoms with Gasteiger partial charge >= 0.3 is 53.6 Å². The molecule has 0 atom stereocenters. The standard InChI is InChI=1S/C15H11F17O2/c1-6(7(33)34-2)4-3-5-8(16,17)9(18,19)10(20,21)11(22,23)12(24,25)13(26,27)14(28,29)15(30,31)32/h4H,3,5H2,1-2H3. The van der Waals surface area contributed by atoms with Crippen molar-refractivity contribution in [2.45, 2.75) is 67.4 Å². The van der Waals surface area contributed by atoms with Gasteiger partial charge in [-0.25, -0.2) is 4.79 Å². The molecule has 0 heterocycles. The van der Waals surface area contributed by atoms with Crippen molar-refractivity contribution in [3.8, 4) is 0 Å². The number of carbonyl (C=O) groups is 1. The van der Waals surface area contributed by atoms with Crippen LogP contribution in [0.5, 0.6) is 0 Å². The Hall–Kier alpha value is -1.98. The molecule has 0 amide bonds. The fourth-order valence-corrected chi connectivity index (χ4v) is 2.07. The van der Waals surface area contributed by atoms with Gasteiger partial charge in [-0.05, 0) is 13.3 Å². The molecule has 0 aliphatic rings. The van der Waals surface area contributed by atoms with Gasteiger partial charge in [-0.2, -0.15) is 74.6 Å². The van der Waals surface area contributed by atoms with Crippen molar-refractivity contribution in [3.63, 3.8) is 0 Å². The molecule has 0 aromatic rings. The summed E-state index contributed by atoms with van der Waals surface area (Å²) >= 11 is 0. The summed E-state index contributed by atoms with van der Waals surface area (Å²) in [6.07, 6.45) is -11.7. The molecule has 0 radical (unpaired) electrons. The largest absolute Gasteiger partial charge is 0.466 e. The molecule has 0 aromatic heterocycles. The summed E-state index contributed by atoms with van der Waals surface area (Å²) in [5, 5.41) is 0. The van der Waals surface area contributed by atoms with E-state index >= 15 is 0 Å². The van der Waals surface area contributed by atoms with Gasteiger partial charge in [0, 0.05) is 12.0 Å². The fraction of sp³-hybridized carbons (Fsp3) is 0.800. The highest BCUT2D eigenvalue weighted by Crippen LogP contribution is 2.64. The van der Waals surface area contributed by atoms with Crippen LogP contribution in [-0.4, -0.2) is 60.7 Å². The van der Waals surface area contributed by atoms with Crippen LogP contribution in [0.15, 0.2) is 11.6 Å². The van der Waals surface area contributed by atoms with Crippen molar-refractivity contribution in [2.24, 2.45) is 0 Å². The van der Waals surface area contributed by atoms with Crippen molar-refractivity contribution >= 4 is 5.97 Å². The molecule has 0 spiro atoms. The molecule has 0 aliphatic carbocycles. The van der Waals surface area contributed by atoms with Crippen molar-refractivity contribution in [2.75, 3.05) is 7.11 Å². The van der Waals surface area contributed by atoms with E-state index in [1.54, 1.807) is 0 Å². The summed E-state index contributed by atoms with van der Waals surface area (Å²) < 4.78 is 226. The minimum Gasteiger partial charge on any atom is -0.466 e. The van der Waals surface area contributed by atoms with Gasteiger partial charge in [0.05, 0.1) is 7.11 Å². The maximum absolute atomic E-state index is 13.6. The van der Waals surface area contributed by atoms with Crippen LogP contribution in [0.25, 0.3) is 0 Å². The van der Waals surface area contributed by atoms with Crippen LogP contribution < -0.4 is 0 Å². The number of methoxy groups -OCH3 is 1. The minimum absolute atomic E-state index is 0.304. The molecular weight excluding hydrogens is 535 g/mol. The Kier molecular flexibility index (Phi) is 8.39. The van der Waals surface area contributed by atoms with Crippen LogP contribution in [-0.2, 0) is 9.53 Å². The SMILES string of the molecule is COC(=O)C(C)=CCCC(F)(F)C(F)(F)C(F)(F)C(F)(F)C(F)(F)C(F)(F)C(F)(F)C(F)(F)F. The smallest absolute Gasteiger partial charge is 0.460 e. The molecule has 0 aliphatic heterocycles. The third kappa shape index (κ3) is 4.61. The summed E-state index contributed by atoms with van der Waals surface area (Å²) in [6.45, 7) is 0.800. The molecule has 0 unspecified atom stereocenters. The highest BCUT2D eigenvalue weighted by molar-refractivity contribution is 5.87. The van der Waals surface area contributed by atoms with Gasteiger partial charge < -0.3 is 4.74 Å². The summed E-state index contributed by atoms with van der Waals surface area (Å²) in [7, 11) is 0.739. The first-order chi connectivity index (χ1) is 14.6. The van der Waals surface area contributed by atoms with Crippen molar-refractivity contribution < 1.29 is 84.2 Å². The third-order valence-electron chi connectivity index (χ3n) is 4.20. The maximum atomic E-state index is 13.6. The lowest BCUT2D eigenvalue weighted by molar-refractivity contribution is -0.461. The first-order valence-electron chi connectivity index (χ1n) is 8.08. The van der Waals surface area contributed by atoms with E-state index in [1.807, 2.05) is 0 Å². The normalized spacial score (nSPS) is 16.0. The monoisotopic (exact) mass is 546 g/mol. The van der Waals surface area contributed by atoms with E-state index < -0.39 is 72.0 Å². The predicted octanol–water partition coefficient (Wildman–Crippen LogP) is 6.90. The van der Waals surface area contributed by atoms with Gasteiger partial charge in [0.2, 0.25) is 0 Å². The Morgan fingerprint density at radius 3 is 1.26 bits per heavy atom. The zero-order valence-electron chi connectivity index (χ0n) is 16.2. The Balaban J connectivity index is 6.42. The van der Waals surface area contributed by atoms with E-state index in [9.17, 15) is 79.4 Å². The number of hydrogen-bond acceptors (Lipinski definition) is 2. The third-order valence-corrected chi connectivity index (χ3v) is 4.20. The Labute approximate surface area is 177 Å². The van der Waals surface area contributed by atoms with E-state index in [-0.39, 0.29) is 0 Å². The molecule has 19 heteroatoms. The number of hydrogen-bond donors (Lipinski definition) is 0. The highest BCUT2D eigenvalue weighted by atomic mass is 19.4. The Morgan fingerprint density at radius 1 is 0.618 bits per heavy atom. The quantitative estimate of drug-likeness (QED) is 0.170. The predicted molar refractivity (Wildman–Crippen MR) is 75.7 cm³/mol. The zero-order valence-corrected chi connectivity index (χ0v) is 16.2. The van der Waals surface area contributed by atoms with E-state index in [0.717, 1.165) is 14.0 Å². The molecule has 0 aromatic carbocycles. The van der Waals surface area contributed by atoms with E-state index in [2.05, 4.69) is 4.74 Å². The van der Waals surface area contributed by atoms with Gasteiger partial charge in [0.1, 0.15) is 0 Å². The number of allylic oxidation sites excluding steroid dienone is 1. The zero-order chi connectivity index (χ0) is 28.0. The lowest BCUT2D eigenvalue weighted by atomic mass is 9.88. The van der Waals surface area contributed by atoms with Gasteiger partial charge in [-0.3, -0.25) is 0 Å². The van der Waals surface area contributed by atoms with Gasteiger partial charge in [-0.15, -0.1) is 0 Å². The second-order valence-corrected chi connectivity index (χ2v) is 6.57. The first-order valence-corrected chi connectivity index (χ1v) is 8.08. The molecule has 0 saturated carbocycles. The summed E-state index contributed by atoms with van der Waals surface area (Å²) in [4.78, 5) is 11.0. The lowest BCUT2D eigenvalue weighted by Crippen LogP contribution is -2.74. The molecule has 0 rings (SSSR count). The molecule has 2 nitrogen and oxygen atoms in total. The van der Waals surface area contributed by atoms with Gasteiger partial charge in [-0.1, -0.05) is 6.08 Å². The van der Waals surface area contributed by atoms with Crippen LogP contribution in [0.3, 0.4) is 0 Å². The summed E-state index contributed by atoms with van der Waals surface area (Å²) in [5.41, 5.74) is -0.626. The van der Waals surface area contributed by atoms with E-state index in [0.29, 0.717) is 6.08 Å². The molecule has 0 bridgehead atoms. The van der Waals surface area contributed by atoms with Crippen LogP contribution in [0.1, 0.15) is 19.8 Å². The van der Waals surface area contributed by atoms with Gasteiger partial charge in [0.15, 0.2) is 0 Å². The molecular formula is C15H11F17O2. The number of rotatable bonds is 10. The summed E-state index contributed by atoms with van der Waals surface area (Å²) in [6, 6.07) is 0. The van der Waals surface area contributed by atoms with E-state index in [4.69, 9.17) is 0 Å². The van der Waals surface area contributed by atoms with Crippen LogP contribution in [0.4, 0.5) is 74.6 Å². The molecule has 0 saturated heterocycles. The van der Waals surface area contributed by atoms with Crippen molar-refractivity contribution in [3.05, 3.63) is 11.6 Å². The van der Waals surface area contributed by atoms with E-state index in [1.165, 1.54) is 0 Å². The Bertz CT molecular complexity index is 778. The topological polar surface area (TPSA) is 26.3 Å². The Morgan fingerprint density at radius 2 is 0.941 bits per heavy atom. The minimum atomic E-state index is -8.65.